The zero-order valence-electron chi connectivity index (χ0n) is 11.6. The van der Waals surface area contributed by atoms with Gasteiger partial charge in [-0.3, -0.25) is 9.59 Å². The molecule has 116 valence electrons. The molecule has 0 saturated heterocycles. The third kappa shape index (κ3) is 3.65. The van der Waals surface area contributed by atoms with Crippen molar-refractivity contribution in [1.82, 2.24) is 10.3 Å². The summed E-state index contributed by atoms with van der Waals surface area (Å²) in [6.07, 6.45) is -2.90. The van der Waals surface area contributed by atoms with Crippen molar-refractivity contribution in [3.63, 3.8) is 0 Å². The van der Waals surface area contributed by atoms with Gasteiger partial charge in [0.15, 0.2) is 0 Å². The molecular formula is C14H17F3N2O2. The van der Waals surface area contributed by atoms with E-state index in [1.807, 2.05) is 0 Å². The molecule has 2 atom stereocenters. The lowest BCUT2D eigenvalue weighted by Crippen LogP contribution is -2.48. The van der Waals surface area contributed by atoms with Crippen molar-refractivity contribution in [2.24, 2.45) is 5.92 Å². The number of halogens is 3. The van der Waals surface area contributed by atoms with E-state index in [2.05, 4.69) is 10.3 Å². The summed E-state index contributed by atoms with van der Waals surface area (Å²) in [5.74, 6) is -2.29. The van der Waals surface area contributed by atoms with Crippen LogP contribution < -0.4 is 10.9 Å². The van der Waals surface area contributed by atoms with E-state index in [-0.39, 0.29) is 18.4 Å². The number of H-pyrrole nitrogens is 1. The van der Waals surface area contributed by atoms with Crippen molar-refractivity contribution >= 4 is 5.91 Å². The molecule has 1 amide bonds. The maximum absolute atomic E-state index is 13.0. The number of aromatic amines is 1. The molecule has 2 N–H and O–H groups in total. The number of amides is 1. The number of alkyl halides is 3. The van der Waals surface area contributed by atoms with Gasteiger partial charge in [-0.05, 0) is 31.9 Å². The van der Waals surface area contributed by atoms with Gasteiger partial charge in [0, 0.05) is 11.7 Å². The third-order valence-electron chi connectivity index (χ3n) is 3.80. The number of carbonyl (C=O) groups excluding carboxylic acids is 1. The molecule has 7 heteroatoms. The summed E-state index contributed by atoms with van der Waals surface area (Å²) in [7, 11) is 0. The summed E-state index contributed by atoms with van der Waals surface area (Å²) in [5.41, 5.74) is -0.165. The van der Waals surface area contributed by atoms with Gasteiger partial charge in [0.25, 0.3) is 11.5 Å². The quantitative estimate of drug-likeness (QED) is 0.882. The van der Waals surface area contributed by atoms with Crippen LogP contribution in [0.2, 0.25) is 0 Å². The first-order chi connectivity index (χ1) is 9.79. The zero-order chi connectivity index (χ0) is 15.6. The van der Waals surface area contributed by atoms with Crippen LogP contribution >= 0.6 is 0 Å². The Kier molecular flexibility index (Phi) is 4.39. The molecule has 0 aliphatic heterocycles. The second-order valence-corrected chi connectivity index (χ2v) is 5.40. The summed E-state index contributed by atoms with van der Waals surface area (Å²) >= 11 is 0. The van der Waals surface area contributed by atoms with E-state index in [1.165, 1.54) is 6.07 Å². The Morgan fingerprint density at radius 1 is 1.29 bits per heavy atom. The fourth-order valence-corrected chi connectivity index (χ4v) is 2.69. The minimum atomic E-state index is -4.34. The summed E-state index contributed by atoms with van der Waals surface area (Å²) < 4.78 is 38.9. The molecule has 1 heterocycles. The lowest BCUT2D eigenvalue weighted by molar-refractivity contribution is -0.187. The van der Waals surface area contributed by atoms with Crippen LogP contribution in [0, 0.1) is 12.8 Å². The normalized spacial score (nSPS) is 22.9. The maximum atomic E-state index is 13.0. The maximum Gasteiger partial charge on any atom is 0.393 e. The van der Waals surface area contributed by atoms with Gasteiger partial charge in [-0.2, -0.15) is 13.2 Å². The number of aryl methyl sites for hydroxylation is 1. The molecule has 1 aliphatic carbocycles. The standard InChI is InChI=1S/C14H17F3N2O2/c1-8-6-7-9(12(20)18-8)13(21)19-11-5-3-2-4-10(11)14(15,16)17/h6-7,10-11H,2-5H2,1H3,(H,18,20)(H,19,21). The highest BCUT2D eigenvalue weighted by atomic mass is 19.4. The molecule has 1 aromatic heterocycles. The Labute approximate surface area is 119 Å². The highest BCUT2D eigenvalue weighted by molar-refractivity contribution is 5.94. The van der Waals surface area contributed by atoms with Gasteiger partial charge in [-0.1, -0.05) is 12.8 Å². The van der Waals surface area contributed by atoms with Crippen LogP contribution in [-0.2, 0) is 0 Å². The monoisotopic (exact) mass is 302 g/mol. The van der Waals surface area contributed by atoms with Crippen LogP contribution in [0.4, 0.5) is 13.2 Å². The molecule has 0 radical (unpaired) electrons. The van der Waals surface area contributed by atoms with Crippen LogP contribution in [0.1, 0.15) is 41.7 Å². The van der Waals surface area contributed by atoms with E-state index in [4.69, 9.17) is 0 Å². The van der Waals surface area contributed by atoms with Crippen LogP contribution in [0.15, 0.2) is 16.9 Å². The van der Waals surface area contributed by atoms with Gasteiger partial charge < -0.3 is 10.3 Å². The molecule has 0 spiro atoms. The summed E-state index contributed by atoms with van der Waals surface area (Å²) in [6.45, 7) is 1.66. The molecule has 1 aliphatic rings. The first-order valence-electron chi connectivity index (χ1n) is 6.86. The van der Waals surface area contributed by atoms with E-state index in [9.17, 15) is 22.8 Å². The second-order valence-electron chi connectivity index (χ2n) is 5.40. The average Bonchev–Trinajstić information content (AvgIpc) is 2.37. The van der Waals surface area contributed by atoms with Crippen molar-refractivity contribution in [2.75, 3.05) is 0 Å². The third-order valence-corrected chi connectivity index (χ3v) is 3.80. The largest absolute Gasteiger partial charge is 0.393 e. The molecule has 4 nitrogen and oxygen atoms in total. The molecule has 2 rings (SSSR count). The van der Waals surface area contributed by atoms with Crippen molar-refractivity contribution in [2.45, 2.75) is 44.8 Å². The number of pyridine rings is 1. The van der Waals surface area contributed by atoms with Crippen molar-refractivity contribution < 1.29 is 18.0 Å². The Hall–Kier alpha value is -1.79. The molecule has 1 fully saturated rings. The fourth-order valence-electron chi connectivity index (χ4n) is 2.69. The van der Waals surface area contributed by atoms with Gasteiger partial charge in [0.2, 0.25) is 0 Å². The SMILES string of the molecule is Cc1ccc(C(=O)NC2CCCCC2C(F)(F)F)c(=O)[nH]1. The van der Waals surface area contributed by atoms with Crippen molar-refractivity contribution in [3.05, 3.63) is 33.7 Å². The van der Waals surface area contributed by atoms with Gasteiger partial charge in [-0.15, -0.1) is 0 Å². The Bertz CT molecular complexity index is 580. The molecule has 21 heavy (non-hydrogen) atoms. The highest BCUT2D eigenvalue weighted by Crippen LogP contribution is 2.37. The molecule has 2 unspecified atom stereocenters. The molecular weight excluding hydrogens is 285 g/mol. The van der Waals surface area contributed by atoms with E-state index in [0.29, 0.717) is 18.5 Å². The van der Waals surface area contributed by atoms with Crippen LogP contribution in [0.5, 0.6) is 0 Å². The zero-order valence-corrected chi connectivity index (χ0v) is 11.6. The molecule has 0 bridgehead atoms. The summed E-state index contributed by atoms with van der Waals surface area (Å²) in [5, 5.41) is 2.37. The molecule has 0 aromatic carbocycles. The summed E-state index contributed by atoms with van der Waals surface area (Å²) in [6, 6.07) is 1.90. The fraction of sp³-hybridized carbons (Fsp3) is 0.571. The second kappa shape index (κ2) is 5.91. The number of hydrogen-bond donors (Lipinski definition) is 2. The number of hydrogen-bond acceptors (Lipinski definition) is 2. The first kappa shape index (κ1) is 15.6. The van der Waals surface area contributed by atoms with E-state index in [1.54, 1.807) is 13.0 Å². The summed E-state index contributed by atoms with van der Waals surface area (Å²) in [4.78, 5) is 26.1. The van der Waals surface area contributed by atoms with Crippen molar-refractivity contribution in [1.29, 1.82) is 0 Å². The number of carbonyl (C=O) groups is 1. The van der Waals surface area contributed by atoms with E-state index >= 15 is 0 Å². The average molecular weight is 302 g/mol. The smallest absolute Gasteiger partial charge is 0.349 e. The minimum Gasteiger partial charge on any atom is -0.349 e. The van der Waals surface area contributed by atoms with Gasteiger partial charge in [0.1, 0.15) is 5.56 Å². The van der Waals surface area contributed by atoms with Crippen LogP contribution in [-0.4, -0.2) is 23.1 Å². The Morgan fingerprint density at radius 2 is 1.95 bits per heavy atom. The van der Waals surface area contributed by atoms with Gasteiger partial charge in [0.05, 0.1) is 5.92 Å². The lowest BCUT2D eigenvalue weighted by atomic mass is 9.84. The van der Waals surface area contributed by atoms with Gasteiger partial charge >= 0.3 is 6.18 Å². The number of rotatable bonds is 2. The van der Waals surface area contributed by atoms with E-state index in [0.717, 1.165) is 0 Å². The van der Waals surface area contributed by atoms with Gasteiger partial charge in [-0.25, -0.2) is 0 Å². The van der Waals surface area contributed by atoms with Crippen molar-refractivity contribution in [3.8, 4) is 0 Å². The molecule has 1 aromatic rings. The van der Waals surface area contributed by atoms with E-state index < -0.39 is 29.6 Å². The van der Waals surface area contributed by atoms with Crippen LogP contribution in [0.25, 0.3) is 0 Å². The van der Waals surface area contributed by atoms with Crippen LogP contribution in [0.3, 0.4) is 0 Å². The predicted octanol–water partition coefficient (Wildman–Crippen LogP) is 2.53. The lowest BCUT2D eigenvalue weighted by Gasteiger charge is -2.33. The molecule has 1 saturated carbocycles. The first-order valence-corrected chi connectivity index (χ1v) is 6.86. The predicted molar refractivity (Wildman–Crippen MR) is 71.1 cm³/mol. The number of nitrogens with one attached hydrogen (secondary N) is 2. The number of aromatic nitrogens is 1. The Balaban J connectivity index is 2.15. The highest BCUT2D eigenvalue weighted by Gasteiger charge is 2.46. The Morgan fingerprint density at radius 3 is 2.57 bits per heavy atom. The minimum absolute atomic E-state index is 0.0126. The topological polar surface area (TPSA) is 62.0 Å².